The number of fused-ring (bicyclic) bond motifs is 10. The summed E-state index contributed by atoms with van der Waals surface area (Å²) in [6.07, 6.45) is 0. The van der Waals surface area contributed by atoms with E-state index < -0.39 is 0 Å². The SMILES string of the molecule is Fc1cccc2c1cc(-c1nc(-c3ccccc3)nc(-c3cc4c(F)cccc4c4oc5ccccc5c34)n1)c1c3ccccc3oc21. The van der Waals surface area contributed by atoms with Crippen molar-refractivity contribution in [1.29, 1.82) is 0 Å². The van der Waals surface area contributed by atoms with Crippen LogP contribution in [0.3, 0.4) is 0 Å². The first-order chi connectivity index (χ1) is 23.6. The summed E-state index contributed by atoms with van der Waals surface area (Å²) in [5.41, 5.74) is 4.37. The van der Waals surface area contributed by atoms with Crippen molar-refractivity contribution in [3.05, 3.63) is 139 Å². The highest BCUT2D eigenvalue weighted by Crippen LogP contribution is 2.44. The fraction of sp³-hybridized carbons (Fsp3) is 0. The Morgan fingerprint density at radius 2 is 0.833 bits per heavy atom. The Labute approximate surface area is 270 Å². The Morgan fingerprint density at radius 3 is 1.35 bits per heavy atom. The van der Waals surface area contributed by atoms with Crippen molar-refractivity contribution in [2.75, 3.05) is 0 Å². The molecule has 3 aromatic heterocycles. The summed E-state index contributed by atoms with van der Waals surface area (Å²) in [6.45, 7) is 0. The van der Waals surface area contributed by atoms with E-state index >= 15 is 8.78 Å². The van der Waals surface area contributed by atoms with E-state index in [0.29, 0.717) is 72.5 Å². The van der Waals surface area contributed by atoms with E-state index in [0.717, 1.165) is 27.1 Å². The van der Waals surface area contributed by atoms with Crippen LogP contribution in [0, 0.1) is 11.6 Å². The molecule has 0 atom stereocenters. The highest BCUT2D eigenvalue weighted by molar-refractivity contribution is 6.22. The van der Waals surface area contributed by atoms with E-state index in [1.54, 1.807) is 24.3 Å². The van der Waals surface area contributed by atoms with Gasteiger partial charge in [0.15, 0.2) is 17.5 Å². The van der Waals surface area contributed by atoms with Crippen molar-refractivity contribution in [2.45, 2.75) is 0 Å². The lowest BCUT2D eigenvalue weighted by molar-refractivity contribution is 0.638. The van der Waals surface area contributed by atoms with Crippen LogP contribution in [0.5, 0.6) is 0 Å². The second-order valence-corrected chi connectivity index (χ2v) is 11.8. The molecule has 0 unspecified atom stereocenters. The van der Waals surface area contributed by atoms with Gasteiger partial charge in [-0.25, -0.2) is 23.7 Å². The second-order valence-electron chi connectivity index (χ2n) is 11.8. The molecule has 7 aromatic carbocycles. The van der Waals surface area contributed by atoms with Crippen LogP contribution in [-0.4, -0.2) is 15.0 Å². The molecule has 0 bridgehead atoms. The summed E-state index contributed by atoms with van der Waals surface area (Å²) in [7, 11) is 0. The van der Waals surface area contributed by atoms with Crippen LogP contribution in [0.2, 0.25) is 0 Å². The van der Waals surface area contributed by atoms with E-state index in [1.807, 2.05) is 91.0 Å². The predicted molar refractivity (Wildman–Crippen MR) is 186 cm³/mol. The fourth-order valence-electron chi connectivity index (χ4n) is 6.89. The summed E-state index contributed by atoms with van der Waals surface area (Å²) >= 11 is 0. The lowest BCUT2D eigenvalue weighted by Crippen LogP contribution is -2.01. The van der Waals surface area contributed by atoms with Crippen molar-refractivity contribution < 1.29 is 17.6 Å². The van der Waals surface area contributed by atoms with Gasteiger partial charge in [0, 0.05) is 59.8 Å². The Bertz CT molecular complexity index is 2750. The molecule has 0 aliphatic heterocycles. The maximum absolute atomic E-state index is 15.5. The molecule has 0 fully saturated rings. The summed E-state index contributed by atoms with van der Waals surface area (Å²) in [6, 6.07) is 38.5. The molecule has 0 amide bonds. The highest BCUT2D eigenvalue weighted by atomic mass is 19.1. The molecule has 5 nitrogen and oxygen atoms in total. The third-order valence-electron chi connectivity index (χ3n) is 9.05. The molecule has 0 spiro atoms. The van der Waals surface area contributed by atoms with Gasteiger partial charge < -0.3 is 8.83 Å². The van der Waals surface area contributed by atoms with Gasteiger partial charge in [-0.2, -0.15) is 0 Å². The Hall–Kier alpha value is -6.47. The van der Waals surface area contributed by atoms with E-state index in [-0.39, 0.29) is 11.6 Å². The molecular formula is C41H21F2N3O2. The van der Waals surface area contributed by atoms with Crippen LogP contribution >= 0.6 is 0 Å². The van der Waals surface area contributed by atoms with Gasteiger partial charge in [0.2, 0.25) is 0 Å². The maximum Gasteiger partial charge on any atom is 0.164 e. The van der Waals surface area contributed by atoms with Gasteiger partial charge in [-0.3, -0.25) is 0 Å². The molecular weight excluding hydrogens is 604 g/mol. The molecule has 10 rings (SSSR count). The number of rotatable bonds is 3. The topological polar surface area (TPSA) is 65.0 Å². The van der Waals surface area contributed by atoms with E-state index in [2.05, 4.69) is 0 Å². The summed E-state index contributed by atoms with van der Waals surface area (Å²) in [4.78, 5) is 15.1. The van der Waals surface area contributed by atoms with Crippen LogP contribution in [0.25, 0.3) is 99.6 Å². The first-order valence-electron chi connectivity index (χ1n) is 15.5. The normalized spacial score (nSPS) is 12.0. The van der Waals surface area contributed by atoms with E-state index in [1.165, 1.54) is 12.1 Å². The molecule has 0 saturated carbocycles. The van der Waals surface area contributed by atoms with Gasteiger partial charge in [-0.15, -0.1) is 0 Å². The Balaban J connectivity index is 1.37. The zero-order valence-electron chi connectivity index (χ0n) is 25.0. The van der Waals surface area contributed by atoms with Crippen LogP contribution in [-0.2, 0) is 0 Å². The third-order valence-corrected chi connectivity index (χ3v) is 9.05. The monoisotopic (exact) mass is 625 g/mol. The average molecular weight is 626 g/mol. The molecule has 48 heavy (non-hydrogen) atoms. The number of benzene rings is 7. The number of nitrogens with zero attached hydrogens (tertiary/aromatic N) is 3. The molecule has 0 aliphatic rings. The first-order valence-corrected chi connectivity index (χ1v) is 15.5. The van der Waals surface area contributed by atoms with Gasteiger partial charge in [0.1, 0.15) is 34.0 Å². The molecule has 0 radical (unpaired) electrons. The van der Waals surface area contributed by atoms with Crippen molar-refractivity contribution in [3.8, 4) is 34.2 Å². The summed E-state index contributed by atoms with van der Waals surface area (Å²) in [5, 5.41) is 5.32. The number of hydrogen-bond donors (Lipinski definition) is 0. The molecule has 10 aromatic rings. The molecule has 7 heteroatoms. The minimum absolute atomic E-state index is 0.329. The molecule has 0 N–H and O–H groups in total. The lowest BCUT2D eigenvalue weighted by Gasteiger charge is -2.12. The largest absolute Gasteiger partial charge is 0.455 e. The lowest BCUT2D eigenvalue weighted by atomic mass is 9.98. The maximum atomic E-state index is 15.5. The number of halogens is 2. The van der Waals surface area contributed by atoms with Gasteiger partial charge in [-0.1, -0.05) is 91.0 Å². The zero-order chi connectivity index (χ0) is 31.9. The smallest absolute Gasteiger partial charge is 0.164 e. The van der Waals surface area contributed by atoms with Crippen molar-refractivity contribution in [3.63, 3.8) is 0 Å². The van der Waals surface area contributed by atoms with Crippen LogP contribution in [0.1, 0.15) is 0 Å². The Kier molecular flexibility index (Phi) is 5.57. The van der Waals surface area contributed by atoms with Crippen molar-refractivity contribution >= 4 is 65.4 Å². The van der Waals surface area contributed by atoms with Gasteiger partial charge >= 0.3 is 0 Å². The van der Waals surface area contributed by atoms with Gasteiger partial charge in [0.25, 0.3) is 0 Å². The quantitative estimate of drug-likeness (QED) is 0.195. The number of furan rings is 2. The van der Waals surface area contributed by atoms with Gasteiger partial charge in [-0.05, 0) is 36.4 Å². The summed E-state index contributed by atoms with van der Waals surface area (Å²) in [5.74, 6) is 0.306. The zero-order valence-corrected chi connectivity index (χ0v) is 25.0. The van der Waals surface area contributed by atoms with Crippen LogP contribution in [0.4, 0.5) is 8.78 Å². The fourth-order valence-corrected chi connectivity index (χ4v) is 6.89. The minimum atomic E-state index is -0.384. The standard InChI is InChI=1S/C41H21F2N3O2/c42-31-16-8-14-23-27(31)20-29(35-25-12-4-6-18-33(25)47-37(23)35)40-44-39(22-10-2-1-3-11-22)45-41(46-40)30-21-28-24(15-9-17-32(28)43)38-36(30)26-13-5-7-19-34(26)48-38/h1-21H. The van der Waals surface area contributed by atoms with Gasteiger partial charge in [0.05, 0.1) is 0 Å². The first kappa shape index (κ1) is 26.7. The molecule has 226 valence electrons. The summed E-state index contributed by atoms with van der Waals surface area (Å²) < 4.78 is 43.7. The third kappa shape index (κ3) is 3.85. The molecule has 3 heterocycles. The van der Waals surface area contributed by atoms with E-state index in [9.17, 15) is 0 Å². The average Bonchev–Trinajstić information content (AvgIpc) is 3.72. The second kappa shape index (κ2) is 10.0. The van der Waals surface area contributed by atoms with Crippen molar-refractivity contribution in [1.82, 2.24) is 15.0 Å². The number of hydrogen-bond acceptors (Lipinski definition) is 5. The minimum Gasteiger partial charge on any atom is -0.455 e. The Morgan fingerprint density at radius 1 is 0.396 bits per heavy atom. The van der Waals surface area contributed by atoms with Crippen LogP contribution in [0.15, 0.2) is 136 Å². The van der Waals surface area contributed by atoms with Crippen molar-refractivity contribution in [2.24, 2.45) is 0 Å². The molecule has 0 saturated heterocycles. The number of aromatic nitrogens is 3. The van der Waals surface area contributed by atoms with E-state index in [4.69, 9.17) is 23.8 Å². The van der Waals surface area contributed by atoms with Crippen LogP contribution < -0.4 is 0 Å². The molecule has 0 aliphatic carbocycles. The predicted octanol–water partition coefficient (Wildman–Crippen LogP) is 11.3. The number of para-hydroxylation sites is 2. The highest BCUT2D eigenvalue weighted by Gasteiger charge is 2.24.